The third-order valence-electron chi connectivity index (χ3n) is 9.70. The molecule has 0 atom stereocenters. The molecule has 4 heterocycles. The van der Waals surface area contributed by atoms with E-state index in [-0.39, 0.29) is 55.8 Å². The van der Waals surface area contributed by atoms with Gasteiger partial charge in [-0.3, -0.25) is 9.89 Å². The van der Waals surface area contributed by atoms with Gasteiger partial charge in [-0.05, 0) is 81.9 Å². The average molecular weight is 808 g/mol. The zero-order chi connectivity index (χ0) is 39.9. The summed E-state index contributed by atoms with van der Waals surface area (Å²) >= 11 is 0. The van der Waals surface area contributed by atoms with E-state index in [0.717, 1.165) is 28.9 Å². The first kappa shape index (κ1) is 37.4. The van der Waals surface area contributed by atoms with E-state index >= 15 is 0 Å². The molecule has 7 aromatic rings. The molecule has 8 rings (SSSR count). The van der Waals surface area contributed by atoms with Crippen LogP contribution in [0.2, 0.25) is 0 Å². The fraction of sp³-hybridized carbons (Fsp3) is 0.167. The molecular weight excluding hydrogens is 775 g/mol. The topological polar surface area (TPSA) is 277 Å². The number of nitrogens with one attached hydrogen (secondary N) is 2. The number of primary sulfonamides is 2. The number of rotatable bonds is 10. The molecule has 0 aliphatic carbocycles. The molecule has 3 aromatic heterocycles. The highest BCUT2D eigenvalue weighted by atomic mass is 32.2. The Labute approximate surface area is 325 Å². The number of ether oxygens (including phenoxy) is 1. The summed E-state index contributed by atoms with van der Waals surface area (Å²) in [4.78, 5) is 15.7. The largest absolute Gasteiger partial charge is 0.381 e. The van der Waals surface area contributed by atoms with Gasteiger partial charge < -0.3 is 9.64 Å². The number of hydrogen-bond acceptors (Lipinski definition) is 13. The number of likely N-dealkylation sites (tertiary alicyclic amines) is 1. The lowest BCUT2D eigenvalue weighted by atomic mass is 9.95. The molecule has 21 heteroatoms. The van der Waals surface area contributed by atoms with E-state index in [9.17, 15) is 21.6 Å². The number of aromatic amines is 2. The highest BCUT2D eigenvalue weighted by Gasteiger charge is 2.29. The number of sulfonamides is 2. The Morgan fingerprint density at radius 2 is 1.46 bits per heavy atom. The van der Waals surface area contributed by atoms with Crippen LogP contribution < -0.4 is 10.3 Å². The zero-order valence-electron chi connectivity index (χ0n) is 30.0. The number of carbonyl (C=O) groups excluding carboxylic acids is 1. The van der Waals surface area contributed by atoms with E-state index in [4.69, 9.17) is 15.0 Å². The first-order valence-electron chi connectivity index (χ1n) is 17.3. The number of piperidine rings is 1. The van der Waals surface area contributed by atoms with Crippen LogP contribution in [0.4, 0.5) is 0 Å². The van der Waals surface area contributed by atoms with Gasteiger partial charge in [0, 0.05) is 37.5 Å². The number of nitrogens with zero attached hydrogens (tertiary/aromatic N) is 9. The second kappa shape index (κ2) is 14.9. The van der Waals surface area contributed by atoms with Crippen LogP contribution in [-0.4, -0.2) is 105 Å². The molecule has 1 fully saturated rings. The predicted octanol–water partition coefficient (Wildman–Crippen LogP) is 2.78. The average Bonchev–Trinajstić information content (AvgIpc) is 4.04. The molecule has 1 aliphatic rings. The molecule has 1 aliphatic heterocycles. The Hall–Kier alpha value is -6.52. The molecule has 57 heavy (non-hydrogen) atoms. The summed E-state index contributed by atoms with van der Waals surface area (Å²) in [5.41, 5.74) is 3.94. The highest BCUT2D eigenvalue weighted by molar-refractivity contribution is 7.89. The van der Waals surface area contributed by atoms with Crippen molar-refractivity contribution in [3.63, 3.8) is 0 Å². The molecule has 290 valence electrons. The van der Waals surface area contributed by atoms with Crippen molar-refractivity contribution in [3.8, 4) is 62.0 Å². The first-order valence-corrected chi connectivity index (χ1v) is 20.4. The van der Waals surface area contributed by atoms with E-state index < -0.39 is 20.0 Å². The Morgan fingerprint density at radius 1 is 0.772 bits per heavy atom. The maximum atomic E-state index is 13.3. The lowest BCUT2D eigenvalue weighted by Crippen LogP contribution is -2.40. The number of hydrogen-bond donors (Lipinski definition) is 4. The summed E-state index contributed by atoms with van der Waals surface area (Å²) < 4.78 is 57.5. The quantitative estimate of drug-likeness (QED) is 0.155. The molecule has 1 amide bonds. The van der Waals surface area contributed by atoms with Crippen LogP contribution in [0.15, 0.2) is 101 Å². The van der Waals surface area contributed by atoms with Crippen molar-refractivity contribution in [3.05, 3.63) is 96.7 Å². The normalized spacial score (nSPS) is 13.9. The number of methoxy groups -OCH3 is 1. The van der Waals surface area contributed by atoms with Gasteiger partial charge in [0.25, 0.3) is 5.91 Å². The Bertz CT molecular complexity index is 2800. The van der Waals surface area contributed by atoms with Crippen LogP contribution >= 0.6 is 0 Å². The summed E-state index contributed by atoms with van der Waals surface area (Å²) in [6, 6.07) is 22.9. The van der Waals surface area contributed by atoms with Crippen LogP contribution in [0.5, 0.6) is 0 Å². The number of nitrogens with two attached hydrogens (primary N) is 2. The van der Waals surface area contributed by atoms with Gasteiger partial charge in [-0.15, -0.1) is 25.2 Å². The van der Waals surface area contributed by atoms with Crippen molar-refractivity contribution in [2.75, 3.05) is 20.2 Å². The Morgan fingerprint density at radius 3 is 2.09 bits per heavy atom. The maximum absolute atomic E-state index is 13.3. The van der Waals surface area contributed by atoms with Crippen LogP contribution in [0, 0.1) is 0 Å². The van der Waals surface area contributed by atoms with E-state index in [1.165, 1.54) is 24.3 Å². The predicted molar refractivity (Wildman–Crippen MR) is 205 cm³/mol. The fourth-order valence-electron chi connectivity index (χ4n) is 6.92. The lowest BCUT2D eigenvalue weighted by Gasteiger charge is -2.31. The zero-order valence-corrected chi connectivity index (χ0v) is 31.6. The summed E-state index contributed by atoms with van der Waals surface area (Å²) in [7, 11) is -7.04. The molecule has 0 radical (unpaired) electrons. The van der Waals surface area contributed by atoms with Gasteiger partial charge in [0.15, 0.2) is 0 Å². The molecule has 19 nitrogen and oxygen atoms in total. The van der Waals surface area contributed by atoms with Crippen molar-refractivity contribution in [1.29, 1.82) is 0 Å². The maximum Gasteiger partial charge on any atom is 0.253 e. The molecule has 1 saturated heterocycles. The SMILES string of the molecule is COC1CCN(C(=O)c2ccc(-c3cccc(S(N)(=O)=O)c3-c3nnn(-c4ccc(S(N)(=O)=O)c(-c5nn[nH]n5)c4-c4ccc(-c5ccn[nH]5)cc4)n3)cc2)CC1. The second-order valence-electron chi connectivity index (χ2n) is 13.1. The first-order chi connectivity index (χ1) is 27.4. The lowest BCUT2D eigenvalue weighted by molar-refractivity contribution is 0.0350. The van der Waals surface area contributed by atoms with Crippen LogP contribution in [0.25, 0.3) is 62.0 Å². The minimum Gasteiger partial charge on any atom is -0.381 e. The molecule has 0 bridgehead atoms. The van der Waals surface area contributed by atoms with Crippen molar-refractivity contribution < 1.29 is 26.4 Å². The van der Waals surface area contributed by atoms with Crippen molar-refractivity contribution >= 4 is 26.0 Å². The summed E-state index contributed by atoms with van der Waals surface area (Å²) in [6.07, 6.45) is 3.22. The standard InChI is InChI=1S/C36H33N13O6S2/c1-55-25-16-19-48(20-17-25)36(50)24-11-5-21(6-12-24)26-3-2-4-29(56(37,51)52)32(26)35-43-47-49(44-35)28-13-14-30(57(38,53)54)33(34-41-45-46-42-34)31(28)23-9-7-22(8-10-23)27-15-18-39-40-27/h2-15,18,25H,16-17,19-20H2,1H3,(H,39,40)(H2,37,51,52)(H2,38,53,54)(H,41,42,45,46). The molecule has 0 saturated carbocycles. The summed E-state index contributed by atoms with van der Waals surface area (Å²) in [5, 5.41) is 45.7. The van der Waals surface area contributed by atoms with Gasteiger partial charge in [0.1, 0.15) is 0 Å². The van der Waals surface area contributed by atoms with Gasteiger partial charge in [-0.25, -0.2) is 27.1 Å². The fourth-order valence-corrected chi connectivity index (χ4v) is 8.41. The molecular formula is C36H33N13O6S2. The molecule has 0 spiro atoms. The summed E-state index contributed by atoms with van der Waals surface area (Å²) in [5.74, 6) is -0.329. The molecule has 0 unspecified atom stereocenters. The van der Waals surface area contributed by atoms with Crippen LogP contribution in [0.1, 0.15) is 23.2 Å². The van der Waals surface area contributed by atoms with Crippen molar-refractivity contribution in [1.82, 2.24) is 55.9 Å². The molecule has 4 aromatic carbocycles. The third-order valence-corrected chi connectivity index (χ3v) is 11.6. The monoisotopic (exact) mass is 807 g/mol. The minimum absolute atomic E-state index is 0.000204. The number of tetrazole rings is 2. The van der Waals surface area contributed by atoms with Crippen LogP contribution in [0.3, 0.4) is 0 Å². The van der Waals surface area contributed by atoms with Crippen molar-refractivity contribution in [2.24, 2.45) is 10.3 Å². The van der Waals surface area contributed by atoms with Gasteiger partial charge >= 0.3 is 0 Å². The van der Waals surface area contributed by atoms with Gasteiger partial charge in [-0.1, -0.05) is 48.5 Å². The number of aromatic nitrogens is 10. The number of amides is 1. The van der Waals surface area contributed by atoms with E-state index in [1.807, 2.05) is 0 Å². The minimum atomic E-state index is -4.36. The highest BCUT2D eigenvalue weighted by Crippen LogP contribution is 2.41. The number of H-pyrrole nitrogens is 2. The van der Waals surface area contributed by atoms with E-state index in [2.05, 4.69) is 46.2 Å². The second-order valence-corrected chi connectivity index (χ2v) is 16.2. The van der Waals surface area contributed by atoms with Gasteiger partial charge in [0.05, 0.1) is 38.4 Å². The van der Waals surface area contributed by atoms with Gasteiger partial charge in [0.2, 0.25) is 31.7 Å². The third kappa shape index (κ3) is 7.32. The Kier molecular flexibility index (Phi) is 9.75. The summed E-state index contributed by atoms with van der Waals surface area (Å²) in [6.45, 7) is 1.14. The smallest absolute Gasteiger partial charge is 0.253 e. The van der Waals surface area contributed by atoms with E-state index in [1.54, 1.807) is 78.9 Å². The van der Waals surface area contributed by atoms with E-state index in [0.29, 0.717) is 35.3 Å². The number of benzene rings is 4. The number of carbonyl (C=O) groups is 1. The van der Waals surface area contributed by atoms with Gasteiger partial charge in [-0.2, -0.15) is 10.3 Å². The van der Waals surface area contributed by atoms with Crippen molar-refractivity contribution in [2.45, 2.75) is 28.7 Å². The molecule has 6 N–H and O–H groups in total. The van der Waals surface area contributed by atoms with Crippen LogP contribution in [-0.2, 0) is 24.8 Å². The Balaban J connectivity index is 1.25.